The molecule has 4 saturated heterocycles. The third-order valence-electron chi connectivity index (χ3n) is 11.3. The first-order valence-corrected chi connectivity index (χ1v) is 17.3. The molecule has 4 aliphatic heterocycles. The van der Waals surface area contributed by atoms with E-state index >= 15 is 4.79 Å². The second kappa shape index (κ2) is 11.9. The molecule has 3 saturated carbocycles. The number of hydrogen-bond acceptors (Lipinski definition) is 10. The van der Waals surface area contributed by atoms with E-state index in [0.717, 1.165) is 36.8 Å². The average Bonchev–Trinajstić information content (AvgIpc) is 4.00. The second-order valence-electron chi connectivity index (χ2n) is 14.6. The third kappa shape index (κ3) is 5.00. The number of likely N-dealkylation sites (tertiary alicyclic amines) is 1. The van der Waals surface area contributed by atoms with Crippen molar-refractivity contribution in [2.24, 2.45) is 17.3 Å². The smallest absolute Gasteiger partial charge is 0.327 e. The van der Waals surface area contributed by atoms with Crippen LogP contribution in [0.15, 0.2) is 30.3 Å². The van der Waals surface area contributed by atoms with Crippen molar-refractivity contribution < 1.29 is 43.3 Å². The number of nitrogens with zero attached hydrogens (tertiary/aromatic N) is 3. The van der Waals surface area contributed by atoms with Crippen molar-refractivity contribution in [3.63, 3.8) is 0 Å². The van der Waals surface area contributed by atoms with Crippen molar-refractivity contribution in [2.45, 2.75) is 93.8 Å². The zero-order valence-electron chi connectivity index (χ0n) is 27.4. The van der Waals surface area contributed by atoms with Gasteiger partial charge in [-0.25, -0.2) is 0 Å². The van der Waals surface area contributed by atoms with E-state index in [1.807, 2.05) is 24.3 Å². The minimum atomic E-state index is -1.38. The number of amides is 3. The molecule has 13 heteroatoms. The maximum absolute atomic E-state index is 15.1. The standard InChI is InChI=1S/C35H44N4O9/c1-37(2)26(41)14-9-20-6-3-4-7-21(20)19-39-29-32(43)45-25-18-34(29,33(44)38-16-5-8-24(38)31(42)36-15-17-40)30(48-39)28-27(25)46-35(47-28,22-10-11-22)23-12-13-23/h3-4,6-7,9,14,22-25,27-30,40H,5,8,10-13,15-19H2,1-2H3,(H,36,42). The van der Waals surface area contributed by atoms with Crippen molar-refractivity contribution >= 4 is 29.8 Å². The summed E-state index contributed by atoms with van der Waals surface area (Å²) in [5.41, 5.74) is 0.192. The third-order valence-corrected chi connectivity index (χ3v) is 11.3. The minimum absolute atomic E-state index is 0.0897. The molecular weight excluding hydrogens is 620 g/mol. The van der Waals surface area contributed by atoms with Crippen LogP contribution < -0.4 is 5.32 Å². The molecule has 13 nitrogen and oxygen atoms in total. The maximum Gasteiger partial charge on any atom is 0.327 e. The Labute approximate surface area is 279 Å². The van der Waals surface area contributed by atoms with Gasteiger partial charge in [0.15, 0.2) is 11.8 Å². The summed E-state index contributed by atoms with van der Waals surface area (Å²) in [6, 6.07) is 5.73. The molecule has 0 spiro atoms. The van der Waals surface area contributed by atoms with Crippen LogP contribution >= 0.6 is 0 Å². The summed E-state index contributed by atoms with van der Waals surface area (Å²) in [5.74, 6) is -1.62. The number of nitrogens with one attached hydrogen (secondary N) is 1. The van der Waals surface area contributed by atoms with Gasteiger partial charge in [-0.15, -0.1) is 0 Å². The summed E-state index contributed by atoms with van der Waals surface area (Å²) >= 11 is 0. The van der Waals surface area contributed by atoms with Crippen LogP contribution in [0.3, 0.4) is 0 Å². The van der Waals surface area contributed by atoms with Crippen molar-refractivity contribution in [2.75, 3.05) is 33.8 Å². The van der Waals surface area contributed by atoms with Crippen LogP contribution in [0.4, 0.5) is 0 Å². The number of rotatable bonds is 10. The lowest BCUT2D eigenvalue weighted by Gasteiger charge is -2.50. The van der Waals surface area contributed by atoms with E-state index in [1.54, 1.807) is 30.1 Å². The molecule has 1 aromatic carbocycles. The van der Waals surface area contributed by atoms with E-state index < -0.39 is 53.7 Å². The van der Waals surface area contributed by atoms with E-state index in [4.69, 9.17) is 19.0 Å². The van der Waals surface area contributed by atoms with Gasteiger partial charge < -0.3 is 34.4 Å². The van der Waals surface area contributed by atoms with E-state index in [1.165, 1.54) is 11.0 Å². The molecule has 7 atom stereocenters. The summed E-state index contributed by atoms with van der Waals surface area (Å²) < 4.78 is 20.0. The Morgan fingerprint density at radius 3 is 2.50 bits per heavy atom. The minimum Gasteiger partial charge on any atom is -0.458 e. The fourth-order valence-electron chi connectivity index (χ4n) is 8.81. The SMILES string of the molecule is CN(C)C(=O)C=Cc1ccccc1CN1OC2C3OC(C4CC4)(C4CC4)OC3C3CC2(C(=O)N2CCCC2C(=O)NCCO)C1C(=O)O3. The summed E-state index contributed by atoms with van der Waals surface area (Å²) in [7, 11) is 3.36. The van der Waals surface area contributed by atoms with Crippen LogP contribution in [0.5, 0.6) is 0 Å². The first-order chi connectivity index (χ1) is 23.2. The fourth-order valence-corrected chi connectivity index (χ4v) is 8.81. The molecule has 3 amide bonds. The summed E-state index contributed by atoms with van der Waals surface area (Å²) in [4.78, 5) is 64.7. The second-order valence-corrected chi connectivity index (χ2v) is 14.6. The predicted molar refractivity (Wildman–Crippen MR) is 168 cm³/mol. The molecule has 2 bridgehead atoms. The van der Waals surface area contributed by atoms with Gasteiger partial charge in [-0.05, 0) is 55.7 Å². The molecule has 2 N–H and O–H groups in total. The Balaban J connectivity index is 1.17. The van der Waals surface area contributed by atoms with Gasteiger partial charge in [0.25, 0.3) is 0 Å². The Kier molecular flexibility index (Phi) is 7.91. The van der Waals surface area contributed by atoms with Gasteiger partial charge >= 0.3 is 5.97 Å². The van der Waals surface area contributed by atoms with Crippen LogP contribution in [0.2, 0.25) is 0 Å². The number of likely N-dealkylation sites (N-methyl/N-ethyl adjacent to an activating group) is 1. The molecule has 258 valence electrons. The van der Waals surface area contributed by atoms with Crippen LogP contribution in [0.1, 0.15) is 56.1 Å². The number of hydrogen-bond donors (Lipinski definition) is 2. The van der Waals surface area contributed by atoms with Gasteiger partial charge in [0.05, 0.1) is 13.2 Å². The molecular formula is C35H44N4O9. The van der Waals surface area contributed by atoms with Crippen molar-refractivity contribution in [3.05, 3.63) is 41.5 Å². The van der Waals surface area contributed by atoms with Crippen LogP contribution in [0, 0.1) is 17.3 Å². The number of ether oxygens (including phenoxy) is 3. The molecule has 4 heterocycles. The van der Waals surface area contributed by atoms with Crippen LogP contribution in [-0.4, -0.2) is 120 Å². The normalized spacial score (nSPS) is 35.1. The number of esters is 1. The maximum atomic E-state index is 15.1. The van der Waals surface area contributed by atoms with E-state index in [0.29, 0.717) is 19.4 Å². The lowest BCUT2D eigenvalue weighted by molar-refractivity contribution is -0.235. The topological polar surface area (TPSA) is 147 Å². The number of carbonyl (C=O) groups is 4. The Morgan fingerprint density at radius 2 is 1.79 bits per heavy atom. The molecule has 7 unspecified atom stereocenters. The van der Waals surface area contributed by atoms with Crippen molar-refractivity contribution in [1.29, 1.82) is 0 Å². The van der Waals surface area contributed by atoms with Gasteiger partial charge in [-0.2, -0.15) is 5.06 Å². The monoisotopic (exact) mass is 664 g/mol. The highest BCUT2D eigenvalue weighted by atomic mass is 16.8. The number of aliphatic hydroxyl groups excluding tert-OH is 1. The lowest BCUT2D eigenvalue weighted by atomic mass is 9.62. The highest BCUT2D eigenvalue weighted by molar-refractivity contribution is 5.96. The molecule has 8 rings (SSSR count). The molecule has 48 heavy (non-hydrogen) atoms. The molecule has 7 fully saturated rings. The number of benzene rings is 1. The lowest BCUT2D eigenvalue weighted by Crippen LogP contribution is -2.70. The van der Waals surface area contributed by atoms with Gasteiger partial charge in [-0.1, -0.05) is 24.3 Å². The number of carbonyl (C=O) groups excluding carboxylic acids is 4. The van der Waals surface area contributed by atoms with Gasteiger partial charge in [-0.3, -0.25) is 24.0 Å². The average molecular weight is 665 g/mol. The Hall–Kier alpha value is -3.36. The first-order valence-electron chi connectivity index (χ1n) is 17.3. The van der Waals surface area contributed by atoms with E-state index in [-0.39, 0.29) is 55.7 Å². The first kappa shape index (κ1) is 31.9. The molecule has 0 aromatic heterocycles. The van der Waals surface area contributed by atoms with Gasteiger partial charge in [0.2, 0.25) is 17.7 Å². The predicted octanol–water partition coefficient (Wildman–Crippen LogP) is 0.988. The van der Waals surface area contributed by atoms with E-state index in [9.17, 15) is 19.5 Å². The largest absolute Gasteiger partial charge is 0.458 e. The highest BCUT2D eigenvalue weighted by Crippen LogP contribution is 2.64. The van der Waals surface area contributed by atoms with Gasteiger partial charge in [0, 0.05) is 51.5 Å². The van der Waals surface area contributed by atoms with Crippen LogP contribution in [0.25, 0.3) is 6.08 Å². The van der Waals surface area contributed by atoms with E-state index in [2.05, 4.69) is 5.32 Å². The zero-order valence-corrected chi connectivity index (χ0v) is 27.4. The van der Waals surface area contributed by atoms with Crippen molar-refractivity contribution in [3.8, 4) is 0 Å². The van der Waals surface area contributed by atoms with Crippen molar-refractivity contribution in [1.82, 2.24) is 20.2 Å². The summed E-state index contributed by atoms with van der Waals surface area (Å²) in [5, 5.41) is 13.6. The quantitative estimate of drug-likeness (QED) is 0.274. The highest BCUT2D eigenvalue weighted by Gasteiger charge is 2.78. The Bertz CT molecular complexity index is 1510. The number of aliphatic hydroxyl groups is 1. The molecule has 3 aliphatic carbocycles. The molecule has 0 radical (unpaired) electrons. The van der Waals surface area contributed by atoms with Gasteiger partial charge in [0.1, 0.15) is 35.9 Å². The molecule has 7 aliphatic rings. The number of fused-ring (bicyclic) bond motifs is 4. The van der Waals surface area contributed by atoms with Crippen LogP contribution in [-0.2, 0) is 44.8 Å². The molecule has 1 aromatic rings. The number of hydroxylamine groups is 2. The zero-order chi connectivity index (χ0) is 33.4. The Morgan fingerprint density at radius 1 is 1.06 bits per heavy atom. The summed E-state index contributed by atoms with van der Waals surface area (Å²) in [6.45, 7) is 0.388. The summed E-state index contributed by atoms with van der Waals surface area (Å²) in [6.07, 6.45) is 5.80. The fraction of sp³-hybridized carbons (Fsp3) is 0.657.